The van der Waals surface area contributed by atoms with Crippen LogP contribution in [0.2, 0.25) is 5.02 Å². The quantitative estimate of drug-likeness (QED) is 0.621. The van der Waals surface area contributed by atoms with E-state index in [1.54, 1.807) is 11.3 Å². The van der Waals surface area contributed by atoms with Gasteiger partial charge in [-0.05, 0) is 53.3 Å². The highest BCUT2D eigenvalue weighted by Gasteiger charge is 2.24. The molecule has 2 heterocycles. The van der Waals surface area contributed by atoms with E-state index in [1.807, 2.05) is 53.4 Å². The van der Waals surface area contributed by atoms with E-state index in [0.29, 0.717) is 29.5 Å². The first kappa shape index (κ1) is 17.1. The third kappa shape index (κ3) is 3.62. The van der Waals surface area contributed by atoms with Crippen molar-refractivity contribution in [3.05, 3.63) is 86.6 Å². The number of thiophene rings is 1. The Balaban J connectivity index is 1.50. The first-order chi connectivity index (χ1) is 12.7. The van der Waals surface area contributed by atoms with Gasteiger partial charge in [-0.1, -0.05) is 35.9 Å². The number of carbonyl (C=O) groups excluding carboxylic acids is 1. The van der Waals surface area contributed by atoms with E-state index in [9.17, 15) is 4.79 Å². The second kappa shape index (κ2) is 7.52. The molecule has 0 aliphatic carbocycles. The molecule has 2 aromatic carbocycles. The van der Waals surface area contributed by atoms with E-state index in [4.69, 9.17) is 16.3 Å². The molecule has 1 amide bonds. The zero-order valence-corrected chi connectivity index (χ0v) is 15.7. The fraction of sp³-hybridized carbons (Fsp3) is 0.190. The second-order valence-corrected chi connectivity index (χ2v) is 7.69. The summed E-state index contributed by atoms with van der Waals surface area (Å²) in [5.74, 6) is 0.636. The molecule has 0 radical (unpaired) electrons. The van der Waals surface area contributed by atoms with Gasteiger partial charge < -0.3 is 9.64 Å². The molecule has 0 bridgehead atoms. The number of nitrogens with zero attached hydrogens (tertiary/aromatic N) is 1. The number of fused-ring (bicyclic) bond motifs is 1. The highest BCUT2D eigenvalue weighted by atomic mass is 35.5. The third-order valence-corrected chi connectivity index (χ3v) is 5.79. The molecular formula is C21H18ClNO2S. The summed E-state index contributed by atoms with van der Waals surface area (Å²) in [6, 6.07) is 17.1. The van der Waals surface area contributed by atoms with Crippen LogP contribution in [0.25, 0.3) is 0 Å². The Morgan fingerprint density at radius 2 is 1.92 bits per heavy atom. The fourth-order valence-corrected chi connectivity index (χ4v) is 4.12. The minimum absolute atomic E-state index is 0.0218. The summed E-state index contributed by atoms with van der Waals surface area (Å²) in [6.07, 6.45) is 0.923. The molecule has 26 heavy (non-hydrogen) atoms. The lowest BCUT2D eigenvalue weighted by Gasteiger charge is -2.27. The molecule has 0 atom stereocenters. The molecule has 5 heteroatoms. The van der Waals surface area contributed by atoms with Gasteiger partial charge >= 0.3 is 0 Å². The molecule has 1 aromatic heterocycles. The smallest absolute Gasteiger partial charge is 0.257 e. The number of benzene rings is 2. The van der Waals surface area contributed by atoms with E-state index in [-0.39, 0.29) is 5.91 Å². The van der Waals surface area contributed by atoms with Crippen LogP contribution in [0.15, 0.2) is 60.0 Å². The van der Waals surface area contributed by atoms with Gasteiger partial charge in [0.25, 0.3) is 5.91 Å². The fourth-order valence-electron chi connectivity index (χ4n) is 3.10. The molecule has 0 spiro atoms. The van der Waals surface area contributed by atoms with Crippen LogP contribution in [0.3, 0.4) is 0 Å². The van der Waals surface area contributed by atoms with Gasteiger partial charge in [-0.15, -0.1) is 11.3 Å². The van der Waals surface area contributed by atoms with Crippen LogP contribution in [-0.4, -0.2) is 17.4 Å². The van der Waals surface area contributed by atoms with E-state index >= 15 is 0 Å². The summed E-state index contributed by atoms with van der Waals surface area (Å²) in [4.78, 5) is 16.3. The number of rotatable bonds is 4. The van der Waals surface area contributed by atoms with E-state index in [1.165, 1.54) is 10.4 Å². The van der Waals surface area contributed by atoms with Crippen LogP contribution in [-0.2, 0) is 19.6 Å². The van der Waals surface area contributed by atoms with Crippen LogP contribution in [0.5, 0.6) is 5.75 Å². The van der Waals surface area contributed by atoms with Gasteiger partial charge in [0, 0.05) is 23.0 Å². The van der Waals surface area contributed by atoms with Crippen molar-refractivity contribution >= 4 is 28.8 Å². The standard InChI is InChI=1S/C21H18ClNO2S/c22-17-7-5-15(6-8-17)14-25-19-4-2-1-3-18(19)21(24)23-11-9-20-16(13-23)10-12-26-20/h1-8,10,12H,9,11,13-14H2. The number of ether oxygens (including phenoxy) is 1. The van der Waals surface area contributed by atoms with Crippen molar-refractivity contribution in [2.45, 2.75) is 19.6 Å². The minimum atomic E-state index is 0.0218. The van der Waals surface area contributed by atoms with E-state index in [2.05, 4.69) is 11.4 Å². The maximum atomic E-state index is 13.0. The highest BCUT2D eigenvalue weighted by molar-refractivity contribution is 7.10. The molecule has 1 aliphatic rings. The van der Waals surface area contributed by atoms with Crippen molar-refractivity contribution in [3.8, 4) is 5.75 Å². The summed E-state index contributed by atoms with van der Waals surface area (Å²) in [6.45, 7) is 1.82. The van der Waals surface area contributed by atoms with Crippen molar-refractivity contribution in [2.24, 2.45) is 0 Å². The van der Waals surface area contributed by atoms with Gasteiger partial charge in [0.1, 0.15) is 12.4 Å². The minimum Gasteiger partial charge on any atom is -0.488 e. The number of halogens is 1. The average Bonchev–Trinajstić information content (AvgIpc) is 3.15. The molecule has 4 rings (SSSR count). The predicted molar refractivity (Wildman–Crippen MR) is 105 cm³/mol. The maximum Gasteiger partial charge on any atom is 0.257 e. The zero-order chi connectivity index (χ0) is 17.9. The number of hydrogen-bond acceptors (Lipinski definition) is 3. The normalized spacial score (nSPS) is 13.3. The molecule has 0 saturated carbocycles. The Hall–Kier alpha value is -2.30. The van der Waals surface area contributed by atoms with E-state index in [0.717, 1.165) is 18.5 Å². The summed E-state index contributed by atoms with van der Waals surface area (Å²) in [5.41, 5.74) is 2.88. The van der Waals surface area contributed by atoms with Crippen molar-refractivity contribution in [2.75, 3.05) is 6.54 Å². The van der Waals surface area contributed by atoms with Gasteiger partial charge in [-0.2, -0.15) is 0 Å². The number of hydrogen-bond donors (Lipinski definition) is 0. The Bertz CT molecular complexity index is 920. The van der Waals surface area contributed by atoms with Crippen LogP contribution >= 0.6 is 22.9 Å². The molecule has 1 aliphatic heterocycles. The Morgan fingerprint density at radius 3 is 2.77 bits per heavy atom. The van der Waals surface area contributed by atoms with Gasteiger partial charge in [0.15, 0.2) is 0 Å². The predicted octanol–water partition coefficient (Wildman–Crippen LogP) is 5.18. The number of carbonyl (C=O) groups is 1. The van der Waals surface area contributed by atoms with Crippen LogP contribution in [0, 0.1) is 0 Å². The molecule has 0 saturated heterocycles. The second-order valence-electron chi connectivity index (χ2n) is 6.26. The SMILES string of the molecule is O=C(c1ccccc1OCc1ccc(Cl)cc1)N1CCc2sccc2C1. The lowest BCUT2D eigenvalue weighted by atomic mass is 10.1. The van der Waals surface area contributed by atoms with Crippen LogP contribution in [0.4, 0.5) is 0 Å². The summed E-state index contributed by atoms with van der Waals surface area (Å²) in [7, 11) is 0. The van der Waals surface area contributed by atoms with E-state index < -0.39 is 0 Å². The molecule has 0 fully saturated rings. The first-order valence-electron chi connectivity index (χ1n) is 8.51. The molecule has 3 aromatic rings. The Kier molecular flexibility index (Phi) is 4.96. The summed E-state index contributed by atoms with van der Waals surface area (Å²) >= 11 is 7.69. The van der Waals surface area contributed by atoms with Gasteiger partial charge in [-0.25, -0.2) is 0 Å². The van der Waals surface area contributed by atoms with Crippen LogP contribution in [0.1, 0.15) is 26.4 Å². The lowest BCUT2D eigenvalue weighted by molar-refractivity contribution is 0.0731. The molecular weight excluding hydrogens is 366 g/mol. The van der Waals surface area contributed by atoms with Gasteiger partial charge in [0.2, 0.25) is 0 Å². The Labute approximate surface area is 161 Å². The summed E-state index contributed by atoms with van der Waals surface area (Å²) in [5, 5.41) is 2.80. The highest BCUT2D eigenvalue weighted by Crippen LogP contribution is 2.27. The van der Waals surface area contributed by atoms with Gasteiger partial charge in [-0.3, -0.25) is 4.79 Å². The van der Waals surface area contributed by atoms with Crippen molar-refractivity contribution in [3.63, 3.8) is 0 Å². The number of para-hydroxylation sites is 1. The lowest BCUT2D eigenvalue weighted by Crippen LogP contribution is -2.35. The number of amides is 1. The maximum absolute atomic E-state index is 13.0. The zero-order valence-electron chi connectivity index (χ0n) is 14.2. The van der Waals surface area contributed by atoms with Crippen molar-refractivity contribution < 1.29 is 9.53 Å². The monoisotopic (exact) mass is 383 g/mol. The topological polar surface area (TPSA) is 29.5 Å². The average molecular weight is 384 g/mol. The van der Waals surface area contributed by atoms with Gasteiger partial charge in [0.05, 0.1) is 5.56 Å². The largest absolute Gasteiger partial charge is 0.488 e. The molecule has 132 valence electrons. The van der Waals surface area contributed by atoms with Crippen molar-refractivity contribution in [1.82, 2.24) is 4.90 Å². The Morgan fingerprint density at radius 1 is 1.12 bits per heavy atom. The summed E-state index contributed by atoms with van der Waals surface area (Å²) < 4.78 is 5.94. The van der Waals surface area contributed by atoms with Crippen LogP contribution < -0.4 is 4.74 Å². The third-order valence-electron chi connectivity index (χ3n) is 4.52. The molecule has 0 N–H and O–H groups in total. The molecule has 3 nitrogen and oxygen atoms in total. The first-order valence-corrected chi connectivity index (χ1v) is 9.77. The molecule has 0 unspecified atom stereocenters. The van der Waals surface area contributed by atoms with Crippen molar-refractivity contribution in [1.29, 1.82) is 0 Å².